The lowest BCUT2D eigenvalue weighted by Gasteiger charge is -2.40. The maximum atomic E-state index is 13.7. The topological polar surface area (TPSA) is 79.0 Å². The van der Waals surface area contributed by atoms with E-state index in [-0.39, 0.29) is 41.7 Å². The van der Waals surface area contributed by atoms with Crippen molar-refractivity contribution >= 4 is 17.8 Å². The standard InChI is InChI=1S/C27H49N3O4/c1-10-19(6)24(28-25(31)22-15-13-14-16-30(22)21(8)11-2)26(32)29(9)23(18(4)5)17-20(7)27(33)34-12-3/h17-19,21-24H,10-16H2,1-9H3,(H,28,31)/b20-17+/t19-,21?,22?,23+,24?/m0/s1. The number of likely N-dealkylation sites (tertiary alicyclic amines) is 1. The number of likely N-dealkylation sites (N-methyl/N-ethyl adjacent to an activating group) is 1. The molecule has 0 saturated carbocycles. The van der Waals surface area contributed by atoms with Crippen molar-refractivity contribution in [1.82, 2.24) is 15.1 Å². The quantitative estimate of drug-likeness (QED) is 0.336. The van der Waals surface area contributed by atoms with Crippen molar-refractivity contribution in [3.8, 4) is 0 Å². The third-order valence-electron chi connectivity index (χ3n) is 7.28. The number of nitrogens with one attached hydrogen (secondary N) is 1. The first-order valence-electron chi connectivity index (χ1n) is 13.2. The second-order valence-corrected chi connectivity index (χ2v) is 10.1. The maximum Gasteiger partial charge on any atom is 0.333 e. The zero-order chi connectivity index (χ0) is 26.0. The average molecular weight is 480 g/mol. The highest BCUT2D eigenvalue weighted by molar-refractivity contribution is 5.91. The zero-order valence-electron chi connectivity index (χ0n) is 23.0. The van der Waals surface area contributed by atoms with Crippen LogP contribution in [0.15, 0.2) is 11.6 Å². The Morgan fingerprint density at radius 1 is 1.09 bits per heavy atom. The Bertz CT molecular complexity index is 706. The van der Waals surface area contributed by atoms with Crippen LogP contribution in [0.3, 0.4) is 0 Å². The van der Waals surface area contributed by atoms with Crippen LogP contribution in [0, 0.1) is 11.8 Å². The summed E-state index contributed by atoms with van der Waals surface area (Å²) in [5, 5.41) is 3.13. The Morgan fingerprint density at radius 3 is 2.26 bits per heavy atom. The van der Waals surface area contributed by atoms with Gasteiger partial charge < -0.3 is 15.0 Å². The molecule has 0 aliphatic carbocycles. The Labute approximate surface area is 207 Å². The van der Waals surface area contributed by atoms with Gasteiger partial charge in [-0.25, -0.2) is 4.79 Å². The van der Waals surface area contributed by atoms with Gasteiger partial charge in [0.15, 0.2) is 0 Å². The molecule has 1 aliphatic heterocycles. The molecule has 7 heteroatoms. The number of rotatable bonds is 12. The lowest BCUT2D eigenvalue weighted by molar-refractivity contribution is -0.141. The van der Waals surface area contributed by atoms with Gasteiger partial charge in [0.2, 0.25) is 11.8 Å². The van der Waals surface area contributed by atoms with Crippen molar-refractivity contribution in [3.05, 3.63) is 11.6 Å². The van der Waals surface area contributed by atoms with E-state index in [2.05, 4.69) is 24.1 Å². The van der Waals surface area contributed by atoms with E-state index in [4.69, 9.17) is 4.74 Å². The highest BCUT2D eigenvalue weighted by Gasteiger charge is 2.36. The van der Waals surface area contributed by atoms with E-state index < -0.39 is 6.04 Å². The smallest absolute Gasteiger partial charge is 0.333 e. The molecule has 3 unspecified atom stereocenters. The normalized spacial score (nSPS) is 20.9. The number of hydrogen-bond donors (Lipinski definition) is 1. The van der Waals surface area contributed by atoms with Gasteiger partial charge in [-0.1, -0.05) is 53.5 Å². The van der Waals surface area contributed by atoms with Gasteiger partial charge in [0, 0.05) is 18.7 Å². The van der Waals surface area contributed by atoms with E-state index >= 15 is 0 Å². The van der Waals surface area contributed by atoms with Gasteiger partial charge in [0.25, 0.3) is 0 Å². The van der Waals surface area contributed by atoms with Crippen molar-refractivity contribution < 1.29 is 19.1 Å². The number of amides is 2. The molecule has 196 valence electrons. The lowest BCUT2D eigenvalue weighted by Crippen LogP contribution is -2.59. The summed E-state index contributed by atoms with van der Waals surface area (Å²) in [4.78, 5) is 43.3. The summed E-state index contributed by atoms with van der Waals surface area (Å²) in [7, 11) is 1.76. The van der Waals surface area contributed by atoms with E-state index in [1.165, 1.54) is 0 Å². The van der Waals surface area contributed by atoms with Crippen LogP contribution in [-0.4, -0.2) is 72.0 Å². The van der Waals surface area contributed by atoms with Crippen LogP contribution < -0.4 is 5.32 Å². The van der Waals surface area contributed by atoms with Gasteiger partial charge in [-0.3, -0.25) is 14.5 Å². The molecule has 0 aromatic heterocycles. The minimum Gasteiger partial charge on any atom is -0.463 e. The molecule has 1 N–H and O–H groups in total. The van der Waals surface area contributed by atoms with Gasteiger partial charge >= 0.3 is 5.97 Å². The molecule has 7 nitrogen and oxygen atoms in total. The highest BCUT2D eigenvalue weighted by Crippen LogP contribution is 2.23. The molecule has 1 fully saturated rings. The largest absolute Gasteiger partial charge is 0.463 e. The van der Waals surface area contributed by atoms with E-state index in [0.717, 1.165) is 38.6 Å². The molecule has 1 rings (SSSR count). The number of esters is 1. The number of piperidine rings is 1. The van der Waals surface area contributed by atoms with Crippen LogP contribution >= 0.6 is 0 Å². The minimum atomic E-state index is -0.610. The van der Waals surface area contributed by atoms with Gasteiger partial charge in [-0.15, -0.1) is 0 Å². The molecule has 0 spiro atoms. The summed E-state index contributed by atoms with van der Waals surface area (Å²) >= 11 is 0. The van der Waals surface area contributed by atoms with Crippen molar-refractivity contribution in [1.29, 1.82) is 0 Å². The summed E-state index contributed by atoms with van der Waals surface area (Å²) in [5.41, 5.74) is 0.482. The molecular weight excluding hydrogens is 430 g/mol. The van der Waals surface area contributed by atoms with E-state index in [9.17, 15) is 14.4 Å². The fourth-order valence-electron chi connectivity index (χ4n) is 4.62. The fourth-order valence-corrected chi connectivity index (χ4v) is 4.62. The van der Waals surface area contributed by atoms with Gasteiger partial charge in [0.1, 0.15) is 6.04 Å². The molecule has 0 aromatic carbocycles. The predicted octanol–water partition coefficient (Wildman–Crippen LogP) is 4.16. The first-order valence-corrected chi connectivity index (χ1v) is 13.2. The van der Waals surface area contributed by atoms with Crippen molar-refractivity contribution in [2.24, 2.45) is 11.8 Å². The summed E-state index contributed by atoms with van der Waals surface area (Å²) in [6.45, 7) is 17.1. The number of nitrogens with zero attached hydrogens (tertiary/aromatic N) is 2. The molecule has 1 heterocycles. The van der Waals surface area contributed by atoms with Crippen molar-refractivity contribution in [2.45, 2.75) is 112 Å². The van der Waals surface area contributed by atoms with E-state index in [1.807, 2.05) is 33.8 Å². The second kappa shape index (κ2) is 14.5. The Hall–Kier alpha value is -1.89. The van der Waals surface area contributed by atoms with Crippen LogP contribution in [0.25, 0.3) is 0 Å². The van der Waals surface area contributed by atoms with E-state index in [1.54, 1.807) is 25.8 Å². The molecule has 0 aromatic rings. The second-order valence-electron chi connectivity index (χ2n) is 10.1. The predicted molar refractivity (Wildman–Crippen MR) is 137 cm³/mol. The lowest BCUT2D eigenvalue weighted by atomic mass is 9.93. The molecule has 5 atom stereocenters. The Balaban J connectivity index is 3.13. The van der Waals surface area contributed by atoms with Crippen molar-refractivity contribution in [2.75, 3.05) is 20.2 Å². The number of carbonyl (C=O) groups is 3. The van der Waals surface area contributed by atoms with Crippen molar-refractivity contribution in [3.63, 3.8) is 0 Å². The maximum absolute atomic E-state index is 13.7. The monoisotopic (exact) mass is 479 g/mol. The molecule has 1 saturated heterocycles. The van der Waals surface area contributed by atoms with Gasteiger partial charge in [-0.2, -0.15) is 0 Å². The highest BCUT2D eigenvalue weighted by atomic mass is 16.5. The third kappa shape index (κ3) is 8.10. The summed E-state index contributed by atoms with van der Waals surface area (Å²) < 4.78 is 5.11. The number of hydrogen-bond acceptors (Lipinski definition) is 5. The van der Waals surface area contributed by atoms with Gasteiger partial charge in [0.05, 0.1) is 18.7 Å². The van der Waals surface area contributed by atoms with Crippen LogP contribution in [0.1, 0.15) is 87.5 Å². The SMILES string of the molecule is CCOC(=O)/C(C)=C/[C@H](C(C)C)N(C)C(=O)C(NC(=O)C1CCCCN1C(C)CC)[C@@H](C)CC. The summed E-state index contributed by atoms with van der Waals surface area (Å²) in [6.07, 6.45) is 6.52. The molecular formula is C27H49N3O4. The van der Waals surface area contributed by atoms with Crippen LogP contribution in [0.5, 0.6) is 0 Å². The molecule has 1 aliphatic rings. The molecule has 2 amide bonds. The summed E-state index contributed by atoms with van der Waals surface area (Å²) in [6, 6.07) is -0.759. The molecule has 0 radical (unpaired) electrons. The average Bonchev–Trinajstić information content (AvgIpc) is 2.83. The van der Waals surface area contributed by atoms with Gasteiger partial charge in [-0.05, 0) is 58.4 Å². The zero-order valence-corrected chi connectivity index (χ0v) is 23.0. The van der Waals surface area contributed by atoms with E-state index in [0.29, 0.717) is 18.2 Å². The minimum absolute atomic E-state index is 0.0116. The van der Waals surface area contributed by atoms with Crippen LogP contribution in [0.2, 0.25) is 0 Å². The molecule has 0 bridgehead atoms. The Morgan fingerprint density at radius 2 is 1.74 bits per heavy atom. The number of carbonyl (C=O) groups excluding carboxylic acids is 3. The molecule has 34 heavy (non-hydrogen) atoms. The first-order chi connectivity index (χ1) is 16.0. The van der Waals surface area contributed by atoms with Crippen LogP contribution in [0.4, 0.5) is 0 Å². The summed E-state index contributed by atoms with van der Waals surface area (Å²) in [5.74, 6) is -0.469. The third-order valence-corrected chi connectivity index (χ3v) is 7.28. The first kappa shape index (κ1) is 30.1. The fraction of sp³-hybridized carbons (Fsp3) is 0.815. The number of ether oxygens (including phenoxy) is 1. The Kier molecular flexibility index (Phi) is 12.9. The van der Waals surface area contributed by atoms with Crippen LogP contribution in [-0.2, 0) is 19.1 Å².